The van der Waals surface area contributed by atoms with E-state index >= 15 is 0 Å². The summed E-state index contributed by atoms with van der Waals surface area (Å²) in [6.07, 6.45) is 0. The lowest BCUT2D eigenvalue weighted by Crippen LogP contribution is -2.03. The number of nitrogens with zero attached hydrogens (tertiary/aromatic N) is 1. The van der Waals surface area contributed by atoms with Gasteiger partial charge in [0, 0.05) is 18.1 Å². The molecule has 1 aliphatic carbocycles. The molecule has 0 aromatic heterocycles. The molecule has 1 aromatic carbocycles. The maximum atomic E-state index is 11.0. The van der Waals surface area contributed by atoms with Gasteiger partial charge in [0.2, 0.25) is 0 Å². The van der Waals surface area contributed by atoms with Crippen LogP contribution in [0.25, 0.3) is 0 Å². The van der Waals surface area contributed by atoms with Gasteiger partial charge in [-0.1, -0.05) is 26.0 Å². The third-order valence-electron chi connectivity index (χ3n) is 3.56. The van der Waals surface area contributed by atoms with Gasteiger partial charge in [-0.15, -0.1) is 0 Å². The summed E-state index contributed by atoms with van der Waals surface area (Å²) in [4.78, 5) is 21.1. The Bertz CT molecular complexity index is 478. The first-order valence-corrected chi connectivity index (χ1v) is 5.33. The van der Waals surface area contributed by atoms with Crippen molar-refractivity contribution >= 4 is 11.7 Å². The Kier molecular flexibility index (Phi) is 2.41. The van der Waals surface area contributed by atoms with E-state index in [1.807, 2.05) is 13.8 Å². The van der Waals surface area contributed by atoms with Crippen molar-refractivity contribution in [3.63, 3.8) is 0 Å². The Morgan fingerprint density at radius 3 is 2.24 bits per heavy atom. The highest BCUT2D eigenvalue weighted by Gasteiger charge is 2.62. The molecule has 1 N–H and O–H groups in total. The highest BCUT2D eigenvalue weighted by Crippen LogP contribution is 2.64. The number of carbonyl (C=O) groups is 1. The predicted octanol–water partition coefficient (Wildman–Crippen LogP) is 2.42. The quantitative estimate of drug-likeness (QED) is 0.644. The summed E-state index contributed by atoms with van der Waals surface area (Å²) in [7, 11) is 0. The van der Waals surface area contributed by atoms with Gasteiger partial charge in [0.1, 0.15) is 0 Å². The molecule has 5 heteroatoms. The van der Waals surface area contributed by atoms with Gasteiger partial charge in [-0.3, -0.25) is 14.9 Å². The zero-order valence-corrected chi connectivity index (χ0v) is 9.58. The van der Waals surface area contributed by atoms with Crippen LogP contribution in [-0.2, 0) is 4.79 Å². The van der Waals surface area contributed by atoms with Crippen molar-refractivity contribution in [3.8, 4) is 0 Å². The molecule has 1 fully saturated rings. The number of hydrogen-bond acceptors (Lipinski definition) is 3. The molecule has 0 amide bonds. The fraction of sp³-hybridized carbons (Fsp3) is 0.417. The van der Waals surface area contributed by atoms with Crippen LogP contribution in [0.15, 0.2) is 24.3 Å². The number of nitro groups is 1. The van der Waals surface area contributed by atoms with Gasteiger partial charge in [0.05, 0.1) is 10.8 Å². The molecule has 2 rings (SSSR count). The van der Waals surface area contributed by atoms with Gasteiger partial charge in [-0.25, -0.2) is 0 Å². The van der Waals surface area contributed by atoms with Crippen LogP contribution in [0, 0.1) is 21.4 Å². The van der Waals surface area contributed by atoms with E-state index in [-0.39, 0.29) is 17.0 Å². The SMILES string of the molecule is CC1(C)C(C(=O)O)C1c1ccc([N+](=O)[O-])cc1. The Morgan fingerprint density at radius 1 is 1.35 bits per heavy atom. The molecule has 1 aromatic rings. The van der Waals surface area contributed by atoms with E-state index in [0.717, 1.165) is 5.56 Å². The van der Waals surface area contributed by atoms with Gasteiger partial charge in [-0.2, -0.15) is 0 Å². The maximum Gasteiger partial charge on any atom is 0.307 e. The second-order valence-electron chi connectivity index (χ2n) is 4.96. The molecule has 0 saturated heterocycles. The zero-order valence-electron chi connectivity index (χ0n) is 9.58. The predicted molar refractivity (Wildman–Crippen MR) is 60.7 cm³/mol. The first-order chi connectivity index (χ1) is 7.85. The molecular formula is C12H13NO4. The fourth-order valence-electron chi connectivity index (χ4n) is 2.52. The van der Waals surface area contributed by atoms with Crippen LogP contribution in [0.2, 0.25) is 0 Å². The molecule has 1 saturated carbocycles. The lowest BCUT2D eigenvalue weighted by Gasteiger charge is -2.01. The first-order valence-electron chi connectivity index (χ1n) is 5.33. The second kappa shape index (κ2) is 3.55. The minimum absolute atomic E-state index is 0.0269. The van der Waals surface area contributed by atoms with Crippen LogP contribution in [-0.4, -0.2) is 16.0 Å². The molecule has 90 valence electrons. The number of nitro benzene ring substituents is 1. The average molecular weight is 235 g/mol. The molecule has 0 heterocycles. The maximum absolute atomic E-state index is 11.0. The van der Waals surface area contributed by atoms with Gasteiger partial charge in [0.25, 0.3) is 5.69 Å². The molecule has 2 atom stereocenters. The number of aliphatic carboxylic acids is 1. The van der Waals surface area contributed by atoms with Gasteiger partial charge in [-0.05, 0) is 11.0 Å². The number of hydrogen-bond donors (Lipinski definition) is 1. The average Bonchev–Trinajstić information content (AvgIpc) is 2.82. The highest BCUT2D eigenvalue weighted by atomic mass is 16.6. The summed E-state index contributed by atoms with van der Waals surface area (Å²) in [5.74, 6) is -1.26. The Morgan fingerprint density at radius 2 is 1.88 bits per heavy atom. The van der Waals surface area contributed by atoms with E-state index in [1.165, 1.54) is 12.1 Å². The second-order valence-corrected chi connectivity index (χ2v) is 4.96. The minimum Gasteiger partial charge on any atom is -0.481 e. The lowest BCUT2D eigenvalue weighted by molar-refractivity contribution is -0.384. The first kappa shape index (κ1) is 11.6. The molecule has 0 aliphatic heterocycles. The molecule has 0 radical (unpaired) electrons. The Labute approximate surface area is 98.2 Å². The van der Waals surface area contributed by atoms with Crippen LogP contribution in [0.3, 0.4) is 0 Å². The number of non-ortho nitro benzene ring substituents is 1. The molecule has 5 nitrogen and oxygen atoms in total. The molecule has 0 bridgehead atoms. The number of carboxylic acids is 1. The third kappa shape index (κ3) is 1.77. The van der Waals surface area contributed by atoms with Crippen LogP contribution in [0.1, 0.15) is 25.3 Å². The Hall–Kier alpha value is -1.91. The van der Waals surface area contributed by atoms with Gasteiger partial charge in [0.15, 0.2) is 0 Å². The molecular weight excluding hydrogens is 222 g/mol. The van der Waals surface area contributed by atoms with E-state index < -0.39 is 16.8 Å². The van der Waals surface area contributed by atoms with Crippen LogP contribution < -0.4 is 0 Å². The smallest absolute Gasteiger partial charge is 0.307 e. The Balaban J connectivity index is 2.26. The van der Waals surface area contributed by atoms with Crippen molar-refractivity contribution in [2.24, 2.45) is 11.3 Å². The van der Waals surface area contributed by atoms with Crippen molar-refractivity contribution in [1.29, 1.82) is 0 Å². The van der Waals surface area contributed by atoms with Crippen LogP contribution in [0.4, 0.5) is 5.69 Å². The van der Waals surface area contributed by atoms with E-state index in [9.17, 15) is 14.9 Å². The normalized spacial score (nSPS) is 25.3. The van der Waals surface area contributed by atoms with Crippen molar-refractivity contribution in [2.45, 2.75) is 19.8 Å². The van der Waals surface area contributed by atoms with E-state index in [1.54, 1.807) is 12.1 Å². The summed E-state index contributed by atoms with van der Waals surface area (Å²) in [5, 5.41) is 19.6. The van der Waals surface area contributed by atoms with E-state index in [2.05, 4.69) is 0 Å². The van der Waals surface area contributed by atoms with Crippen LogP contribution >= 0.6 is 0 Å². The summed E-state index contributed by atoms with van der Waals surface area (Å²) in [6, 6.07) is 6.13. The van der Waals surface area contributed by atoms with Gasteiger partial charge >= 0.3 is 5.97 Å². The van der Waals surface area contributed by atoms with Gasteiger partial charge < -0.3 is 5.11 Å². The van der Waals surface area contributed by atoms with Crippen molar-refractivity contribution < 1.29 is 14.8 Å². The van der Waals surface area contributed by atoms with E-state index in [4.69, 9.17) is 5.11 Å². The number of benzene rings is 1. The number of rotatable bonds is 3. The molecule has 1 aliphatic rings. The largest absolute Gasteiger partial charge is 0.481 e. The molecule has 0 spiro atoms. The summed E-state index contributed by atoms with van der Waals surface area (Å²) in [5.41, 5.74) is 0.606. The monoisotopic (exact) mass is 235 g/mol. The lowest BCUT2D eigenvalue weighted by atomic mass is 10.0. The minimum atomic E-state index is -0.807. The van der Waals surface area contributed by atoms with Crippen molar-refractivity contribution in [2.75, 3.05) is 0 Å². The molecule has 2 unspecified atom stereocenters. The van der Waals surface area contributed by atoms with Crippen LogP contribution in [0.5, 0.6) is 0 Å². The summed E-state index contributed by atoms with van der Waals surface area (Å²) in [6.45, 7) is 3.80. The standard InChI is InChI=1S/C12H13NO4/c1-12(2)9(10(12)11(14)15)7-3-5-8(6-4-7)13(16)17/h3-6,9-10H,1-2H3,(H,14,15). The van der Waals surface area contributed by atoms with E-state index in [0.29, 0.717) is 0 Å². The third-order valence-corrected chi connectivity index (χ3v) is 3.56. The fourth-order valence-corrected chi connectivity index (χ4v) is 2.52. The number of carboxylic acid groups (broad SMARTS) is 1. The highest BCUT2D eigenvalue weighted by molar-refractivity contribution is 5.77. The zero-order chi connectivity index (χ0) is 12.8. The van der Waals surface area contributed by atoms with Crippen molar-refractivity contribution in [1.82, 2.24) is 0 Å². The summed E-state index contributed by atoms with van der Waals surface area (Å²) < 4.78 is 0. The molecule has 17 heavy (non-hydrogen) atoms. The topological polar surface area (TPSA) is 80.4 Å². The summed E-state index contributed by atoms with van der Waals surface area (Å²) >= 11 is 0. The van der Waals surface area contributed by atoms with Crippen molar-refractivity contribution in [3.05, 3.63) is 39.9 Å².